The van der Waals surface area contributed by atoms with Crippen LogP contribution in [0, 0.1) is 5.41 Å². The fraction of sp³-hybridized carbons (Fsp3) is 0.333. The van der Waals surface area contributed by atoms with Crippen LogP contribution in [0.5, 0.6) is 11.5 Å². The van der Waals surface area contributed by atoms with Crippen molar-refractivity contribution in [1.29, 1.82) is 0 Å². The maximum atomic E-state index is 12.8. The van der Waals surface area contributed by atoms with Gasteiger partial charge in [0.2, 0.25) is 0 Å². The molecule has 0 radical (unpaired) electrons. The quantitative estimate of drug-likeness (QED) is 0.645. The predicted molar refractivity (Wildman–Crippen MR) is 123 cm³/mol. The normalized spacial score (nSPS) is 17.4. The Morgan fingerprint density at radius 1 is 1.15 bits per heavy atom. The maximum Gasteiger partial charge on any atom is 0.327 e. The number of nitrogens with one attached hydrogen (secondary N) is 1. The summed E-state index contributed by atoms with van der Waals surface area (Å²) in [6.07, 6.45) is 9.67. The number of urea groups is 1. The Labute approximate surface area is 192 Å². The second-order valence-corrected chi connectivity index (χ2v) is 8.43. The van der Waals surface area contributed by atoms with E-state index in [9.17, 15) is 4.79 Å². The van der Waals surface area contributed by atoms with E-state index < -0.39 is 0 Å². The highest BCUT2D eigenvalue weighted by atomic mass is 16.5. The summed E-state index contributed by atoms with van der Waals surface area (Å²) in [6, 6.07) is 6.91. The number of anilines is 1. The Morgan fingerprint density at radius 3 is 2.73 bits per heavy atom. The molecule has 2 aliphatic rings. The molecule has 33 heavy (non-hydrogen) atoms. The second-order valence-electron chi connectivity index (χ2n) is 8.43. The molecular formula is C24H26N6O3. The van der Waals surface area contributed by atoms with E-state index in [-0.39, 0.29) is 11.4 Å². The van der Waals surface area contributed by atoms with Crippen molar-refractivity contribution in [3.05, 3.63) is 61.3 Å². The molecule has 0 saturated carbocycles. The van der Waals surface area contributed by atoms with Crippen LogP contribution in [0.25, 0.3) is 11.3 Å². The summed E-state index contributed by atoms with van der Waals surface area (Å²) in [7, 11) is 1.86. The Hall–Kier alpha value is -3.72. The first-order valence-electron chi connectivity index (χ1n) is 11.0. The van der Waals surface area contributed by atoms with Crippen molar-refractivity contribution in [3.8, 4) is 22.8 Å². The molecule has 0 unspecified atom stereocenters. The van der Waals surface area contributed by atoms with Gasteiger partial charge in [-0.25, -0.2) is 9.78 Å². The minimum Gasteiger partial charge on any atom is -0.456 e. The summed E-state index contributed by atoms with van der Waals surface area (Å²) in [5.41, 5.74) is 2.54. The van der Waals surface area contributed by atoms with Crippen LogP contribution in [-0.2, 0) is 11.8 Å². The van der Waals surface area contributed by atoms with Crippen molar-refractivity contribution in [2.24, 2.45) is 12.5 Å². The van der Waals surface area contributed by atoms with Gasteiger partial charge in [0.1, 0.15) is 17.3 Å². The number of rotatable bonds is 4. The van der Waals surface area contributed by atoms with E-state index >= 15 is 0 Å². The molecular weight excluding hydrogens is 420 g/mol. The molecule has 9 heteroatoms. The Morgan fingerprint density at radius 2 is 2.00 bits per heavy atom. The number of hydrogen-bond acceptors (Lipinski definition) is 6. The molecule has 2 aliphatic heterocycles. The number of nitrogens with zero attached hydrogens (tertiary/aromatic N) is 5. The minimum atomic E-state index is -0.209. The van der Waals surface area contributed by atoms with Gasteiger partial charge in [0, 0.05) is 61.9 Å². The van der Waals surface area contributed by atoms with Gasteiger partial charge in [-0.05, 0) is 37.5 Å². The number of likely N-dealkylation sites (tertiary alicyclic amines) is 1. The molecule has 5 heterocycles. The van der Waals surface area contributed by atoms with E-state index in [0.29, 0.717) is 23.9 Å². The van der Waals surface area contributed by atoms with Gasteiger partial charge in [0.25, 0.3) is 0 Å². The average Bonchev–Trinajstić information content (AvgIpc) is 3.40. The van der Waals surface area contributed by atoms with Crippen molar-refractivity contribution < 1.29 is 14.3 Å². The fourth-order valence-electron chi connectivity index (χ4n) is 4.43. The van der Waals surface area contributed by atoms with Crippen LogP contribution < -0.4 is 10.1 Å². The van der Waals surface area contributed by atoms with E-state index in [1.807, 2.05) is 19.3 Å². The zero-order chi connectivity index (χ0) is 22.8. The predicted octanol–water partition coefficient (Wildman–Crippen LogP) is 4.22. The van der Waals surface area contributed by atoms with Gasteiger partial charge in [-0.1, -0.05) is 6.58 Å². The minimum absolute atomic E-state index is 0.0140. The molecule has 3 aromatic rings. The Bertz CT molecular complexity index is 1170. The van der Waals surface area contributed by atoms with Crippen molar-refractivity contribution in [2.45, 2.75) is 19.3 Å². The molecule has 0 atom stereocenters. The van der Waals surface area contributed by atoms with Crippen LogP contribution in [0.4, 0.5) is 10.6 Å². The first-order chi connectivity index (χ1) is 16.0. The summed E-state index contributed by atoms with van der Waals surface area (Å²) < 4.78 is 13.1. The second kappa shape index (κ2) is 8.67. The third-order valence-electron chi connectivity index (χ3n) is 6.39. The van der Waals surface area contributed by atoms with Crippen LogP contribution in [-0.4, -0.2) is 50.4 Å². The van der Waals surface area contributed by atoms with Gasteiger partial charge in [-0.15, -0.1) is 0 Å². The Kier molecular flexibility index (Phi) is 5.55. The van der Waals surface area contributed by atoms with Gasteiger partial charge in [0.15, 0.2) is 0 Å². The summed E-state index contributed by atoms with van der Waals surface area (Å²) in [4.78, 5) is 23.3. The summed E-state index contributed by atoms with van der Waals surface area (Å²) in [6.45, 7) is 6.33. The number of amides is 2. The van der Waals surface area contributed by atoms with E-state index in [2.05, 4.69) is 27.0 Å². The SMILES string of the molecule is C=C1N(C(=O)Nc2ccc(Oc3ccnc(-c4cnn(C)c4)c3)cn2)CCC12CCOCC2. The highest BCUT2D eigenvalue weighted by molar-refractivity contribution is 5.90. The smallest absolute Gasteiger partial charge is 0.327 e. The average molecular weight is 447 g/mol. The van der Waals surface area contributed by atoms with Crippen molar-refractivity contribution in [1.82, 2.24) is 24.6 Å². The maximum absolute atomic E-state index is 12.8. The first kappa shape index (κ1) is 21.1. The molecule has 9 nitrogen and oxygen atoms in total. The summed E-state index contributed by atoms with van der Waals surface area (Å²) in [5, 5.41) is 7.04. The molecule has 2 saturated heterocycles. The number of carbonyl (C=O) groups excluding carboxylic acids is 1. The highest BCUT2D eigenvalue weighted by Crippen LogP contribution is 2.47. The van der Waals surface area contributed by atoms with Crippen LogP contribution >= 0.6 is 0 Å². The molecule has 0 aliphatic carbocycles. The molecule has 0 bridgehead atoms. The van der Waals surface area contributed by atoms with Crippen molar-refractivity contribution >= 4 is 11.8 Å². The number of ether oxygens (including phenoxy) is 2. The topological polar surface area (TPSA) is 94.4 Å². The summed E-state index contributed by atoms with van der Waals surface area (Å²) >= 11 is 0. The monoisotopic (exact) mass is 446 g/mol. The van der Waals surface area contributed by atoms with E-state index in [0.717, 1.165) is 49.4 Å². The molecule has 3 aromatic heterocycles. The molecule has 1 N–H and O–H groups in total. The van der Waals surface area contributed by atoms with Gasteiger partial charge in [-0.3, -0.25) is 19.9 Å². The van der Waals surface area contributed by atoms with Crippen LogP contribution in [0.15, 0.2) is 61.3 Å². The lowest BCUT2D eigenvalue weighted by Crippen LogP contribution is -2.35. The Balaban J connectivity index is 1.21. The van der Waals surface area contributed by atoms with Gasteiger partial charge < -0.3 is 9.47 Å². The highest BCUT2D eigenvalue weighted by Gasteiger charge is 2.44. The van der Waals surface area contributed by atoms with E-state index in [1.54, 1.807) is 46.4 Å². The third kappa shape index (κ3) is 4.31. The van der Waals surface area contributed by atoms with Crippen molar-refractivity contribution in [3.63, 3.8) is 0 Å². The summed E-state index contributed by atoms with van der Waals surface area (Å²) in [5.74, 6) is 1.65. The van der Waals surface area contributed by atoms with Gasteiger partial charge >= 0.3 is 6.03 Å². The molecule has 0 aromatic carbocycles. The van der Waals surface area contributed by atoms with Crippen LogP contribution in [0.3, 0.4) is 0 Å². The third-order valence-corrected chi connectivity index (χ3v) is 6.39. The van der Waals surface area contributed by atoms with Crippen LogP contribution in [0.1, 0.15) is 19.3 Å². The van der Waals surface area contributed by atoms with Gasteiger partial charge in [-0.2, -0.15) is 5.10 Å². The molecule has 2 fully saturated rings. The lowest BCUT2D eigenvalue weighted by molar-refractivity contribution is 0.0343. The lowest BCUT2D eigenvalue weighted by Gasteiger charge is -2.34. The molecule has 170 valence electrons. The van der Waals surface area contributed by atoms with Crippen LogP contribution in [0.2, 0.25) is 0 Å². The van der Waals surface area contributed by atoms with E-state index in [1.165, 1.54) is 0 Å². The standard InChI is InChI=1S/C24H26N6O3/c1-17-24(7-11-32-12-8-24)6-10-30(17)23(31)28-22-4-3-20(15-26-22)33-19-5-9-25-21(13-19)18-14-27-29(2)16-18/h3-5,9,13-16H,1,6-8,10-12H2,2H3,(H,26,28,31). The number of hydrogen-bond donors (Lipinski definition) is 1. The lowest BCUT2D eigenvalue weighted by atomic mass is 9.77. The molecule has 2 amide bonds. The zero-order valence-corrected chi connectivity index (χ0v) is 18.5. The number of aromatic nitrogens is 4. The number of carbonyl (C=O) groups is 1. The van der Waals surface area contributed by atoms with E-state index in [4.69, 9.17) is 9.47 Å². The fourth-order valence-corrected chi connectivity index (χ4v) is 4.43. The number of aryl methyl sites for hydroxylation is 1. The van der Waals surface area contributed by atoms with Crippen molar-refractivity contribution in [2.75, 3.05) is 25.1 Å². The molecule has 1 spiro atoms. The zero-order valence-electron chi connectivity index (χ0n) is 18.5. The number of allylic oxidation sites excluding steroid dienone is 1. The molecule has 5 rings (SSSR count). The first-order valence-corrected chi connectivity index (χ1v) is 11.0. The van der Waals surface area contributed by atoms with Gasteiger partial charge in [0.05, 0.1) is 18.1 Å². The number of pyridine rings is 2. The largest absolute Gasteiger partial charge is 0.456 e.